The Kier molecular flexibility index (Phi) is 9.30. The van der Waals surface area contributed by atoms with Crippen molar-refractivity contribution >= 4 is 41.5 Å². The van der Waals surface area contributed by atoms with Gasteiger partial charge in [-0.2, -0.15) is 10.2 Å². The normalized spacial score (nSPS) is 13.9. The molecule has 14 heteroatoms. The molecule has 0 aliphatic heterocycles. The van der Waals surface area contributed by atoms with Crippen LogP contribution in [0.2, 0.25) is 0 Å². The number of carboxylic acid groups (broad SMARTS) is 1. The number of pyridine rings is 1. The number of carboxylic acids is 1. The molecule has 13 nitrogen and oxygen atoms in total. The van der Waals surface area contributed by atoms with Gasteiger partial charge in [0.1, 0.15) is 17.6 Å². The molecule has 44 heavy (non-hydrogen) atoms. The van der Waals surface area contributed by atoms with Gasteiger partial charge < -0.3 is 20.9 Å². The number of benzene rings is 1. The molecule has 1 amide bonds. The zero-order chi connectivity index (χ0) is 30.9. The minimum atomic E-state index is -1.22. The number of hydrogen-bond donors (Lipinski definition) is 3. The van der Waals surface area contributed by atoms with Crippen molar-refractivity contribution in [2.75, 3.05) is 0 Å². The summed E-state index contributed by atoms with van der Waals surface area (Å²) in [5, 5.41) is 20.3. The zero-order valence-corrected chi connectivity index (χ0v) is 25.5. The van der Waals surface area contributed by atoms with Crippen molar-refractivity contribution in [2.24, 2.45) is 5.73 Å². The Morgan fingerprint density at radius 3 is 2.59 bits per heavy atom. The number of amides is 1. The lowest BCUT2D eigenvalue weighted by Crippen LogP contribution is -2.29. The van der Waals surface area contributed by atoms with Crippen LogP contribution >= 0.6 is 12.4 Å². The largest absolute Gasteiger partial charge is 0.477 e. The standard InChI is InChI=1S/C23H24N4O5.C7H8N4.ClH/c1-12-13-7-8-16(15(13)6-5-14(12)22(31)32-23(2,3)4)26-20(28)18-11-17(21(29)30)25-19-9-10-24-27(18)19;8-3-6-1-2-7-9-5-10-11(7)4-6;/h5-6,9-11,16H,7-8H2,1-4H3,(H,26,28)(H,29,30);1-2,4-5H,3,8H2;1H/t16-;;/m0../s1. The topological polar surface area (TPSA) is 179 Å². The second-order valence-electron chi connectivity index (χ2n) is 11.1. The fourth-order valence-corrected chi connectivity index (χ4v) is 4.98. The third-order valence-corrected chi connectivity index (χ3v) is 7.00. The number of halogens is 1. The summed E-state index contributed by atoms with van der Waals surface area (Å²) in [7, 11) is 0. The number of nitrogens with two attached hydrogens (primary N) is 1. The van der Waals surface area contributed by atoms with Crippen molar-refractivity contribution in [3.05, 3.63) is 94.3 Å². The van der Waals surface area contributed by atoms with E-state index in [-0.39, 0.29) is 41.5 Å². The second-order valence-corrected chi connectivity index (χ2v) is 11.1. The molecule has 0 saturated heterocycles. The molecule has 1 atom stereocenters. The molecule has 0 radical (unpaired) electrons. The fraction of sp³-hybridized carbons (Fsp3) is 0.300. The van der Waals surface area contributed by atoms with E-state index in [1.165, 1.54) is 29.2 Å². The van der Waals surface area contributed by atoms with Crippen molar-refractivity contribution in [3.63, 3.8) is 0 Å². The Morgan fingerprint density at radius 1 is 1.11 bits per heavy atom. The molecular weight excluding hydrogens is 588 g/mol. The molecule has 4 N–H and O–H groups in total. The maximum absolute atomic E-state index is 13.0. The highest BCUT2D eigenvalue weighted by Gasteiger charge is 2.30. The van der Waals surface area contributed by atoms with Crippen molar-refractivity contribution in [2.45, 2.75) is 58.7 Å². The molecule has 0 spiro atoms. The number of fused-ring (bicyclic) bond motifs is 3. The van der Waals surface area contributed by atoms with Gasteiger partial charge in [-0.25, -0.2) is 28.6 Å². The number of aromatic nitrogens is 6. The van der Waals surface area contributed by atoms with E-state index >= 15 is 0 Å². The number of nitrogens with one attached hydrogen (secondary N) is 1. The number of hydrogen-bond acceptors (Lipinski definition) is 9. The van der Waals surface area contributed by atoms with E-state index in [1.807, 2.05) is 52.1 Å². The molecule has 230 valence electrons. The van der Waals surface area contributed by atoms with Crippen LogP contribution < -0.4 is 11.1 Å². The molecule has 0 saturated carbocycles. The third-order valence-electron chi connectivity index (χ3n) is 7.00. The quantitative estimate of drug-likeness (QED) is 0.245. The Balaban J connectivity index is 0.000000308. The van der Waals surface area contributed by atoms with Crippen molar-refractivity contribution in [3.8, 4) is 0 Å². The van der Waals surface area contributed by atoms with Gasteiger partial charge in [0, 0.05) is 24.9 Å². The van der Waals surface area contributed by atoms with Crippen molar-refractivity contribution in [1.82, 2.24) is 34.5 Å². The van der Waals surface area contributed by atoms with E-state index in [9.17, 15) is 19.5 Å². The average Bonchev–Trinajstić information content (AvgIpc) is 3.71. The highest BCUT2D eigenvalue weighted by atomic mass is 35.5. The lowest BCUT2D eigenvalue weighted by molar-refractivity contribution is 0.00682. The van der Waals surface area contributed by atoms with E-state index < -0.39 is 17.5 Å². The molecule has 4 heterocycles. The van der Waals surface area contributed by atoms with E-state index in [1.54, 1.807) is 10.6 Å². The van der Waals surface area contributed by atoms with Gasteiger partial charge in [0.05, 0.1) is 17.8 Å². The molecule has 1 aliphatic carbocycles. The molecule has 5 aromatic rings. The van der Waals surface area contributed by atoms with E-state index in [4.69, 9.17) is 10.5 Å². The third kappa shape index (κ3) is 6.68. The monoisotopic (exact) mass is 620 g/mol. The van der Waals surface area contributed by atoms with Crippen LogP contribution in [-0.2, 0) is 17.7 Å². The van der Waals surface area contributed by atoms with Gasteiger partial charge >= 0.3 is 11.9 Å². The van der Waals surface area contributed by atoms with Gasteiger partial charge in [0.25, 0.3) is 5.91 Å². The summed E-state index contributed by atoms with van der Waals surface area (Å²) in [6.07, 6.45) is 6.23. The summed E-state index contributed by atoms with van der Waals surface area (Å²) in [6.45, 7) is 7.90. The maximum atomic E-state index is 13.0. The van der Waals surface area contributed by atoms with Gasteiger partial charge in [-0.3, -0.25) is 4.79 Å². The number of carbonyl (C=O) groups excluding carboxylic acids is 2. The number of aromatic carboxylic acids is 1. The summed E-state index contributed by atoms with van der Waals surface area (Å²) in [4.78, 5) is 45.0. The molecule has 1 aromatic carbocycles. The number of nitrogens with zero attached hydrogens (tertiary/aromatic N) is 6. The number of esters is 1. The smallest absolute Gasteiger partial charge is 0.354 e. The van der Waals surface area contributed by atoms with Crippen molar-refractivity contribution in [1.29, 1.82) is 0 Å². The van der Waals surface area contributed by atoms with Gasteiger partial charge in [-0.15, -0.1) is 12.4 Å². The Morgan fingerprint density at radius 2 is 1.89 bits per heavy atom. The van der Waals surface area contributed by atoms with E-state index in [0.717, 1.165) is 27.9 Å². The minimum Gasteiger partial charge on any atom is -0.477 e. The average molecular weight is 621 g/mol. The lowest BCUT2D eigenvalue weighted by Gasteiger charge is -2.21. The highest BCUT2D eigenvalue weighted by Crippen LogP contribution is 2.35. The van der Waals surface area contributed by atoms with Gasteiger partial charge in [-0.05, 0) is 74.9 Å². The minimum absolute atomic E-state index is 0. The van der Waals surface area contributed by atoms with E-state index in [2.05, 4.69) is 25.5 Å². The Labute approximate surface area is 258 Å². The lowest BCUT2D eigenvalue weighted by atomic mass is 9.97. The van der Waals surface area contributed by atoms with Crippen LogP contribution in [0.1, 0.15) is 86.8 Å². The second kappa shape index (κ2) is 12.8. The first kappa shape index (κ1) is 32.0. The van der Waals surface area contributed by atoms with Crippen LogP contribution in [0.25, 0.3) is 11.3 Å². The predicted molar refractivity (Wildman–Crippen MR) is 163 cm³/mol. The number of carbonyl (C=O) groups is 3. The van der Waals surface area contributed by atoms with E-state index in [0.29, 0.717) is 24.9 Å². The molecule has 0 fully saturated rings. The zero-order valence-electron chi connectivity index (χ0n) is 24.6. The molecule has 6 rings (SSSR count). The summed E-state index contributed by atoms with van der Waals surface area (Å²) in [5.74, 6) is -2.04. The summed E-state index contributed by atoms with van der Waals surface area (Å²) in [5.41, 5.74) is 10.2. The number of rotatable bonds is 5. The first-order valence-electron chi connectivity index (χ1n) is 13.7. The van der Waals surface area contributed by atoms with Crippen LogP contribution in [0.15, 0.2) is 55.1 Å². The maximum Gasteiger partial charge on any atom is 0.354 e. The Bertz CT molecular complexity index is 1860. The Hall–Kier alpha value is -4.88. The summed E-state index contributed by atoms with van der Waals surface area (Å²) < 4.78 is 8.53. The van der Waals surface area contributed by atoms with Gasteiger partial charge in [-0.1, -0.05) is 12.1 Å². The molecule has 1 aliphatic rings. The summed E-state index contributed by atoms with van der Waals surface area (Å²) >= 11 is 0. The molecular formula is C30H33ClN8O5. The van der Waals surface area contributed by atoms with Crippen LogP contribution in [0, 0.1) is 6.92 Å². The first-order chi connectivity index (χ1) is 20.4. The van der Waals surface area contributed by atoms with Crippen LogP contribution in [0.4, 0.5) is 0 Å². The van der Waals surface area contributed by atoms with Gasteiger partial charge in [0.2, 0.25) is 0 Å². The highest BCUT2D eigenvalue weighted by molar-refractivity contribution is 5.96. The van der Waals surface area contributed by atoms with Crippen LogP contribution in [0.5, 0.6) is 0 Å². The summed E-state index contributed by atoms with van der Waals surface area (Å²) in [6, 6.07) is 9.90. The molecule has 0 unspecified atom stereocenters. The van der Waals surface area contributed by atoms with Crippen LogP contribution in [-0.4, -0.2) is 57.7 Å². The number of ether oxygens (including phenoxy) is 1. The van der Waals surface area contributed by atoms with Crippen LogP contribution in [0.3, 0.4) is 0 Å². The predicted octanol–water partition coefficient (Wildman–Crippen LogP) is 3.72. The molecule has 4 aromatic heterocycles. The SMILES string of the molecule is Cc1c(C(=O)OC(C)(C)C)ccc2c1CC[C@@H]2NC(=O)c1cc(C(=O)O)nc2ccnn12.Cl.NCc1ccc2ncnn2c1. The fourth-order valence-electron chi connectivity index (χ4n) is 4.98. The first-order valence-corrected chi connectivity index (χ1v) is 13.7. The van der Waals surface area contributed by atoms with Gasteiger partial charge in [0.15, 0.2) is 17.0 Å². The van der Waals surface area contributed by atoms with Crippen molar-refractivity contribution < 1.29 is 24.2 Å². The molecule has 0 bridgehead atoms.